The molecule has 0 unspecified atom stereocenters. The van der Waals surface area contributed by atoms with Crippen molar-refractivity contribution in [2.24, 2.45) is 7.05 Å². The fourth-order valence-electron chi connectivity index (χ4n) is 2.08. The molecule has 3 rings (SSSR count). The summed E-state index contributed by atoms with van der Waals surface area (Å²) in [5.41, 5.74) is 2.01. The van der Waals surface area contributed by atoms with Gasteiger partial charge in [0.15, 0.2) is 12.3 Å². The smallest absolute Gasteiger partial charge is 0.356 e. The zero-order valence-electron chi connectivity index (χ0n) is 10.6. The van der Waals surface area contributed by atoms with E-state index in [1.807, 2.05) is 0 Å². The highest BCUT2D eigenvalue weighted by atomic mass is 16.5. The van der Waals surface area contributed by atoms with Crippen molar-refractivity contribution < 1.29 is 19.4 Å². The van der Waals surface area contributed by atoms with Gasteiger partial charge in [0.05, 0.1) is 11.4 Å². The predicted molar refractivity (Wildman–Crippen MR) is 69.7 cm³/mol. The minimum absolute atomic E-state index is 0.0190. The Morgan fingerprint density at radius 3 is 2.95 bits per heavy atom. The summed E-state index contributed by atoms with van der Waals surface area (Å²) in [6.45, 7) is -0.0256. The summed E-state index contributed by atoms with van der Waals surface area (Å²) < 4.78 is 6.83. The van der Waals surface area contributed by atoms with Gasteiger partial charge in [0.25, 0.3) is 5.91 Å². The highest BCUT2D eigenvalue weighted by molar-refractivity contribution is 5.96. The van der Waals surface area contributed by atoms with Gasteiger partial charge in [0.2, 0.25) is 0 Å². The van der Waals surface area contributed by atoms with Gasteiger partial charge in [-0.2, -0.15) is 5.10 Å². The van der Waals surface area contributed by atoms with Crippen molar-refractivity contribution in [3.63, 3.8) is 0 Å². The van der Waals surface area contributed by atoms with Crippen LogP contribution in [0.15, 0.2) is 24.3 Å². The number of fused-ring (bicyclic) bond motifs is 1. The predicted octanol–water partition coefficient (Wildman–Crippen LogP) is 1.12. The normalized spacial score (nSPS) is 13.3. The second-order valence-corrected chi connectivity index (χ2v) is 4.39. The van der Waals surface area contributed by atoms with E-state index in [2.05, 4.69) is 10.4 Å². The van der Waals surface area contributed by atoms with E-state index in [0.717, 1.165) is 5.56 Å². The average Bonchev–Trinajstić information content (AvgIpc) is 2.80. The lowest BCUT2D eigenvalue weighted by atomic mass is 10.1. The molecule has 0 spiro atoms. The minimum atomic E-state index is -1.08. The van der Waals surface area contributed by atoms with Gasteiger partial charge in [0.1, 0.15) is 5.75 Å². The van der Waals surface area contributed by atoms with E-state index in [1.54, 1.807) is 25.2 Å². The first-order valence-electron chi connectivity index (χ1n) is 5.89. The second kappa shape index (κ2) is 4.37. The summed E-state index contributed by atoms with van der Waals surface area (Å²) in [6, 6.07) is 6.73. The molecule has 1 aromatic carbocycles. The SMILES string of the molecule is Cn1nc(C(=O)O)cc1-c1ccc2c(c1)OCC(=O)N2. The van der Waals surface area contributed by atoms with Crippen LogP contribution >= 0.6 is 0 Å². The Labute approximate surface area is 113 Å². The van der Waals surface area contributed by atoms with E-state index < -0.39 is 5.97 Å². The average molecular weight is 273 g/mol. The van der Waals surface area contributed by atoms with Crippen LogP contribution in [0.3, 0.4) is 0 Å². The number of nitrogens with zero attached hydrogens (tertiary/aromatic N) is 2. The standard InChI is InChI=1S/C13H11N3O4/c1-16-10(5-9(15-16)13(18)19)7-2-3-8-11(4-7)20-6-12(17)14-8/h2-5H,6H2,1H3,(H,14,17)(H,18,19). The summed E-state index contributed by atoms with van der Waals surface area (Å²) in [7, 11) is 1.67. The number of carboxylic acids is 1. The van der Waals surface area contributed by atoms with Crippen LogP contribution in [0.25, 0.3) is 11.3 Å². The second-order valence-electron chi connectivity index (χ2n) is 4.39. The molecular weight excluding hydrogens is 262 g/mol. The van der Waals surface area contributed by atoms with E-state index >= 15 is 0 Å². The number of nitrogens with one attached hydrogen (secondary N) is 1. The van der Waals surface area contributed by atoms with Crippen LogP contribution < -0.4 is 10.1 Å². The molecule has 0 bridgehead atoms. The van der Waals surface area contributed by atoms with Gasteiger partial charge in [-0.05, 0) is 18.2 Å². The molecule has 0 atom stereocenters. The van der Waals surface area contributed by atoms with Gasteiger partial charge < -0.3 is 15.2 Å². The third-order valence-corrected chi connectivity index (χ3v) is 3.01. The van der Waals surface area contributed by atoms with Gasteiger partial charge in [-0.3, -0.25) is 9.48 Å². The Hall–Kier alpha value is -2.83. The number of anilines is 1. The molecule has 2 aromatic rings. The maximum Gasteiger partial charge on any atom is 0.356 e. The highest BCUT2D eigenvalue weighted by Crippen LogP contribution is 2.32. The molecule has 0 saturated carbocycles. The lowest BCUT2D eigenvalue weighted by Crippen LogP contribution is -2.25. The molecule has 102 valence electrons. The maximum absolute atomic E-state index is 11.2. The van der Waals surface area contributed by atoms with Crippen LogP contribution in [-0.2, 0) is 11.8 Å². The molecule has 2 heterocycles. The van der Waals surface area contributed by atoms with Crippen LogP contribution in [0.1, 0.15) is 10.5 Å². The Bertz CT molecular complexity index is 720. The fraction of sp³-hybridized carbons (Fsp3) is 0.154. The van der Waals surface area contributed by atoms with Crippen molar-refractivity contribution in [3.8, 4) is 17.0 Å². The number of aromatic nitrogens is 2. The van der Waals surface area contributed by atoms with E-state index in [-0.39, 0.29) is 18.2 Å². The van der Waals surface area contributed by atoms with Crippen molar-refractivity contribution in [1.29, 1.82) is 0 Å². The zero-order valence-corrected chi connectivity index (χ0v) is 10.6. The third kappa shape index (κ3) is 1.99. The Morgan fingerprint density at radius 2 is 2.25 bits per heavy atom. The number of hydrogen-bond donors (Lipinski definition) is 2. The Balaban J connectivity index is 2.03. The number of aryl methyl sites for hydroxylation is 1. The summed E-state index contributed by atoms with van der Waals surface area (Å²) in [5, 5.41) is 15.6. The van der Waals surface area contributed by atoms with Crippen molar-refractivity contribution >= 4 is 17.6 Å². The lowest BCUT2D eigenvalue weighted by Gasteiger charge is -2.18. The van der Waals surface area contributed by atoms with E-state index in [9.17, 15) is 9.59 Å². The van der Waals surface area contributed by atoms with Crippen molar-refractivity contribution in [2.45, 2.75) is 0 Å². The number of aromatic carboxylic acids is 1. The number of carbonyl (C=O) groups excluding carboxylic acids is 1. The van der Waals surface area contributed by atoms with Crippen LogP contribution in [-0.4, -0.2) is 33.4 Å². The van der Waals surface area contributed by atoms with E-state index in [4.69, 9.17) is 9.84 Å². The van der Waals surface area contributed by atoms with Crippen LogP contribution in [0.4, 0.5) is 5.69 Å². The molecule has 0 saturated heterocycles. The molecule has 20 heavy (non-hydrogen) atoms. The van der Waals surface area contributed by atoms with Crippen LogP contribution in [0.2, 0.25) is 0 Å². The minimum Gasteiger partial charge on any atom is -0.482 e. The molecule has 0 fully saturated rings. The largest absolute Gasteiger partial charge is 0.482 e. The molecule has 2 N–H and O–H groups in total. The summed E-state index contributed by atoms with van der Waals surface area (Å²) >= 11 is 0. The van der Waals surface area contributed by atoms with Gasteiger partial charge in [-0.15, -0.1) is 0 Å². The summed E-state index contributed by atoms with van der Waals surface area (Å²) in [4.78, 5) is 22.1. The topological polar surface area (TPSA) is 93.5 Å². The number of ether oxygens (including phenoxy) is 1. The van der Waals surface area contributed by atoms with Gasteiger partial charge in [-0.25, -0.2) is 4.79 Å². The summed E-state index contributed by atoms with van der Waals surface area (Å²) in [6.07, 6.45) is 0. The molecule has 7 heteroatoms. The third-order valence-electron chi connectivity index (χ3n) is 3.01. The zero-order chi connectivity index (χ0) is 14.3. The molecule has 7 nitrogen and oxygen atoms in total. The first kappa shape index (κ1) is 12.2. The molecule has 1 aromatic heterocycles. The number of rotatable bonds is 2. The maximum atomic E-state index is 11.2. The van der Waals surface area contributed by atoms with Crippen molar-refractivity contribution in [1.82, 2.24) is 9.78 Å². The first-order valence-corrected chi connectivity index (χ1v) is 5.89. The monoisotopic (exact) mass is 273 g/mol. The molecule has 0 radical (unpaired) electrons. The number of amides is 1. The molecule has 1 aliphatic heterocycles. The summed E-state index contributed by atoms with van der Waals surface area (Å²) in [5.74, 6) is -0.715. The fourth-order valence-corrected chi connectivity index (χ4v) is 2.08. The van der Waals surface area contributed by atoms with Crippen molar-refractivity contribution in [3.05, 3.63) is 30.0 Å². The highest BCUT2D eigenvalue weighted by Gasteiger charge is 2.18. The lowest BCUT2D eigenvalue weighted by molar-refractivity contribution is -0.118. The Kier molecular flexibility index (Phi) is 2.67. The number of benzene rings is 1. The van der Waals surface area contributed by atoms with E-state index in [0.29, 0.717) is 17.1 Å². The molecule has 0 aliphatic carbocycles. The number of hydrogen-bond acceptors (Lipinski definition) is 4. The quantitative estimate of drug-likeness (QED) is 0.855. The van der Waals surface area contributed by atoms with Gasteiger partial charge >= 0.3 is 5.97 Å². The van der Waals surface area contributed by atoms with Crippen LogP contribution in [0.5, 0.6) is 5.75 Å². The number of carbonyl (C=O) groups is 2. The van der Waals surface area contributed by atoms with Crippen LogP contribution in [0, 0.1) is 0 Å². The molecular formula is C13H11N3O4. The molecule has 1 aliphatic rings. The number of carboxylic acid groups (broad SMARTS) is 1. The van der Waals surface area contributed by atoms with Gasteiger partial charge in [0, 0.05) is 12.6 Å². The molecule has 1 amide bonds. The van der Waals surface area contributed by atoms with Crippen molar-refractivity contribution in [2.75, 3.05) is 11.9 Å². The Morgan fingerprint density at radius 1 is 1.45 bits per heavy atom. The van der Waals surface area contributed by atoms with Gasteiger partial charge in [-0.1, -0.05) is 6.07 Å². The first-order chi connectivity index (χ1) is 9.54. The van der Waals surface area contributed by atoms with E-state index in [1.165, 1.54) is 10.7 Å².